The highest BCUT2D eigenvalue weighted by Crippen LogP contribution is 2.40. The predicted molar refractivity (Wildman–Crippen MR) is 112 cm³/mol. The lowest BCUT2D eigenvalue weighted by Crippen LogP contribution is -2.42. The summed E-state index contributed by atoms with van der Waals surface area (Å²) in [4.78, 5) is 2.29. The molecule has 28 heavy (non-hydrogen) atoms. The summed E-state index contributed by atoms with van der Waals surface area (Å²) in [5.74, 6) is 0. The van der Waals surface area contributed by atoms with E-state index in [1.54, 1.807) is 0 Å². The van der Waals surface area contributed by atoms with Gasteiger partial charge in [-0.1, -0.05) is 91.0 Å². The van der Waals surface area contributed by atoms with Crippen LogP contribution in [0.4, 0.5) is 0 Å². The summed E-state index contributed by atoms with van der Waals surface area (Å²) < 4.78 is 6.81. The van der Waals surface area contributed by atoms with Gasteiger partial charge < -0.3 is 9.84 Å². The molecule has 3 nitrogen and oxygen atoms in total. The van der Waals surface area contributed by atoms with Crippen LogP contribution in [0.15, 0.2) is 91.0 Å². The molecule has 3 aromatic carbocycles. The number of ether oxygens (including phenoxy) is 1. The van der Waals surface area contributed by atoms with Crippen molar-refractivity contribution in [2.24, 2.45) is 0 Å². The van der Waals surface area contributed by atoms with E-state index in [1.165, 1.54) is 0 Å². The van der Waals surface area contributed by atoms with Crippen LogP contribution in [0.1, 0.15) is 29.5 Å². The molecule has 1 fully saturated rings. The average Bonchev–Trinajstić information content (AvgIpc) is 2.78. The third-order valence-corrected chi connectivity index (χ3v) is 5.56. The third kappa shape index (κ3) is 3.88. The number of likely N-dealkylation sites (tertiary alicyclic amines) is 1. The van der Waals surface area contributed by atoms with Gasteiger partial charge in [-0.15, -0.1) is 0 Å². The lowest BCUT2D eigenvalue weighted by atomic mass is 9.80. The SMILES string of the molecule is OC1CCN(COC(c2ccccc2)(c2ccccc2)c2ccccc2)CC1. The topological polar surface area (TPSA) is 32.7 Å². The van der Waals surface area contributed by atoms with Crippen LogP contribution in [0.5, 0.6) is 0 Å². The molecule has 4 rings (SSSR count). The Morgan fingerprint density at radius 3 is 1.50 bits per heavy atom. The van der Waals surface area contributed by atoms with E-state index >= 15 is 0 Å². The zero-order valence-corrected chi connectivity index (χ0v) is 16.1. The van der Waals surface area contributed by atoms with Crippen molar-refractivity contribution in [2.75, 3.05) is 19.8 Å². The molecule has 1 aliphatic rings. The van der Waals surface area contributed by atoms with E-state index in [9.17, 15) is 5.11 Å². The molecule has 0 saturated carbocycles. The Kier molecular flexibility index (Phi) is 5.87. The minimum absolute atomic E-state index is 0.182. The van der Waals surface area contributed by atoms with E-state index in [2.05, 4.69) is 77.7 Å². The van der Waals surface area contributed by atoms with Crippen molar-refractivity contribution < 1.29 is 9.84 Å². The maximum Gasteiger partial charge on any atom is 0.145 e. The fourth-order valence-electron chi connectivity index (χ4n) is 4.01. The monoisotopic (exact) mass is 373 g/mol. The molecule has 0 aliphatic carbocycles. The first kappa shape index (κ1) is 18.9. The van der Waals surface area contributed by atoms with E-state index in [1.807, 2.05) is 18.2 Å². The van der Waals surface area contributed by atoms with Crippen LogP contribution in [0.2, 0.25) is 0 Å². The highest BCUT2D eigenvalue weighted by atomic mass is 16.5. The van der Waals surface area contributed by atoms with Crippen LogP contribution in [0.25, 0.3) is 0 Å². The van der Waals surface area contributed by atoms with Crippen molar-refractivity contribution in [3.63, 3.8) is 0 Å². The van der Waals surface area contributed by atoms with Crippen molar-refractivity contribution in [1.29, 1.82) is 0 Å². The van der Waals surface area contributed by atoms with Gasteiger partial charge in [-0.2, -0.15) is 0 Å². The summed E-state index contributed by atoms with van der Waals surface area (Å²) in [6.45, 7) is 2.23. The van der Waals surface area contributed by atoms with Crippen LogP contribution in [-0.4, -0.2) is 35.9 Å². The van der Waals surface area contributed by atoms with Gasteiger partial charge in [-0.3, -0.25) is 4.90 Å². The molecule has 1 aliphatic heterocycles. The fraction of sp³-hybridized carbons (Fsp3) is 0.280. The van der Waals surface area contributed by atoms with Gasteiger partial charge in [0.15, 0.2) is 0 Å². The minimum Gasteiger partial charge on any atom is -0.393 e. The molecule has 0 spiro atoms. The smallest absolute Gasteiger partial charge is 0.145 e. The second-order valence-electron chi connectivity index (χ2n) is 7.40. The molecule has 0 atom stereocenters. The first-order valence-electron chi connectivity index (χ1n) is 10.00. The molecular weight excluding hydrogens is 346 g/mol. The normalized spacial score (nSPS) is 16.2. The molecule has 0 unspecified atom stereocenters. The molecule has 3 heteroatoms. The van der Waals surface area contributed by atoms with E-state index in [-0.39, 0.29) is 6.10 Å². The summed E-state index contributed by atoms with van der Waals surface area (Å²) in [5.41, 5.74) is 2.66. The molecule has 1 heterocycles. The van der Waals surface area contributed by atoms with E-state index < -0.39 is 5.60 Å². The minimum atomic E-state index is -0.681. The molecule has 0 bridgehead atoms. The Hall–Kier alpha value is -2.46. The number of aliphatic hydroxyl groups is 1. The quantitative estimate of drug-likeness (QED) is 0.650. The van der Waals surface area contributed by atoms with Gasteiger partial charge >= 0.3 is 0 Å². The Morgan fingerprint density at radius 1 is 0.714 bits per heavy atom. The van der Waals surface area contributed by atoms with Gasteiger partial charge in [-0.05, 0) is 29.5 Å². The number of rotatable bonds is 6. The van der Waals surface area contributed by atoms with Crippen LogP contribution >= 0.6 is 0 Å². The number of hydrogen-bond donors (Lipinski definition) is 1. The predicted octanol–water partition coefficient (Wildman–Crippen LogP) is 4.41. The molecule has 1 N–H and O–H groups in total. The van der Waals surface area contributed by atoms with Crippen molar-refractivity contribution in [1.82, 2.24) is 4.90 Å². The average molecular weight is 373 g/mol. The molecule has 0 radical (unpaired) electrons. The summed E-state index contributed by atoms with van der Waals surface area (Å²) in [5, 5.41) is 9.82. The zero-order chi connectivity index (χ0) is 19.2. The van der Waals surface area contributed by atoms with Crippen LogP contribution in [0, 0.1) is 0 Å². The Morgan fingerprint density at radius 2 is 1.11 bits per heavy atom. The van der Waals surface area contributed by atoms with E-state index in [4.69, 9.17) is 4.74 Å². The lowest BCUT2D eigenvalue weighted by molar-refractivity contribution is -0.0675. The maximum absolute atomic E-state index is 9.82. The highest BCUT2D eigenvalue weighted by molar-refractivity contribution is 5.47. The highest BCUT2D eigenvalue weighted by Gasteiger charge is 2.38. The second kappa shape index (κ2) is 8.70. The number of nitrogens with zero attached hydrogens (tertiary/aromatic N) is 1. The van der Waals surface area contributed by atoms with E-state index in [0.717, 1.165) is 42.6 Å². The van der Waals surface area contributed by atoms with Gasteiger partial charge in [0.2, 0.25) is 0 Å². The largest absolute Gasteiger partial charge is 0.393 e. The van der Waals surface area contributed by atoms with Crippen LogP contribution in [0.3, 0.4) is 0 Å². The van der Waals surface area contributed by atoms with Crippen molar-refractivity contribution in [2.45, 2.75) is 24.5 Å². The second-order valence-corrected chi connectivity index (χ2v) is 7.40. The lowest BCUT2D eigenvalue weighted by Gasteiger charge is -2.39. The zero-order valence-electron chi connectivity index (χ0n) is 16.1. The molecule has 0 aromatic heterocycles. The van der Waals surface area contributed by atoms with Gasteiger partial charge in [0.1, 0.15) is 12.3 Å². The Balaban J connectivity index is 1.77. The number of aliphatic hydroxyl groups excluding tert-OH is 1. The molecule has 144 valence electrons. The summed E-state index contributed by atoms with van der Waals surface area (Å²) in [7, 11) is 0. The number of hydrogen-bond acceptors (Lipinski definition) is 3. The summed E-state index contributed by atoms with van der Waals surface area (Å²) >= 11 is 0. The van der Waals surface area contributed by atoms with Crippen molar-refractivity contribution in [3.05, 3.63) is 108 Å². The van der Waals surface area contributed by atoms with Crippen molar-refractivity contribution >= 4 is 0 Å². The molecule has 0 amide bonds. The van der Waals surface area contributed by atoms with Crippen LogP contribution < -0.4 is 0 Å². The van der Waals surface area contributed by atoms with Gasteiger partial charge in [0.05, 0.1) is 6.10 Å². The number of piperidine rings is 1. The fourth-order valence-corrected chi connectivity index (χ4v) is 4.01. The molecular formula is C25H27NO2. The first-order chi connectivity index (χ1) is 13.8. The maximum atomic E-state index is 9.82. The molecule has 1 saturated heterocycles. The summed E-state index contributed by atoms with van der Waals surface area (Å²) in [6.07, 6.45) is 1.43. The van der Waals surface area contributed by atoms with Gasteiger partial charge in [0, 0.05) is 13.1 Å². The third-order valence-electron chi connectivity index (χ3n) is 5.56. The van der Waals surface area contributed by atoms with Gasteiger partial charge in [0.25, 0.3) is 0 Å². The standard InChI is InChI=1S/C25H27NO2/c27-24-16-18-26(19-17-24)20-28-25(21-10-4-1-5-11-21,22-12-6-2-7-13-22)23-14-8-3-9-15-23/h1-15,24,27H,16-20H2. The number of benzene rings is 3. The Bertz CT molecular complexity index is 747. The van der Waals surface area contributed by atoms with E-state index in [0.29, 0.717) is 6.73 Å². The van der Waals surface area contributed by atoms with Gasteiger partial charge in [-0.25, -0.2) is 0 Å². The first-order valence-corrected chi connectivity index (χ1v) is 10.00. The summed E-state index contributed by atoms with van der Waals surface area (Å²) in [6, 6.07) is 31.3. The molecule has 3 aromatic rings. The Labute approximate surface area is 167 Å². The van der Waals surface area contributed by atoms with Crippen molar-refractivity contribution in [3.8, 4) is 0 Å². The van der Waals surface area contributed by atoms with Crippen LogP contribution in [-0.2, 0) is 10.3 Å².